The molecule has 2 atom stereocenters. The van der Waals surface area contributed by atoms with Crippen LogP contribution in [0.2, 0.25) is 0 Å². The Labute approximate surface area is 73.0 Å². The lowest BCUT2D eigenvalue weighted by molar-refractivity contribution is 0.923. The van der Waals surface area contributed by atoms with Crippen LogP contribution in [-0.2, 0) is 0 Å². The molecule has 0 amide bonds. The fourth-order valence-electron chi connectivity index (χ4n) is 1.27. The first kappa shape index (κ1) is 7.59. The average molecular weight is 162 g/mol. The highest BCUT2D eigenvalue weighted by molar-refractivity contribution is 5.38. The van der Waals surface area contributed by atoms with Gasteiger partial charge in [-0.05, 0) is 30.9 Å². The minimum absolute atomic E-state index is 0.667. The normalized spacial score (nSPS) is 26.8. The van der Waals surface area contributed by atoms with Crippen molar-refractivity contribution >= 4 is 5.82 Å². The molecule has 2 nitrogen and oxygen atoms in total. The Kier molecular flexibility index (Phi) is 1.75. The molecule has 1 fully saturated rings. The van der Waals surface area contributed by atoms with Crippen LogP contribution in [0.5, 0.6) is 0 Å². The van der Waals surface area contributed by atoms with E-state index in [-0.39, 0.29) is 0 Å². The average Bonchev–Trinajstić information content (AvgIpc) is 2.72. The van der Waals surface area contributed by atoms with Crippen LogP contribution in [0.4, 0.5) is 5.82 Å². The van der Waals surface area contributed by atoms with Crippen molar-refractivity contribution in [3.8, 4) is 0 Å². The van der Waals surface area contributed by atoms with E-state index in [1.165, 1.54) is 12.0 Å². The summed E-state index contributed by atoms with van der Waals surface area (Å²) in [5, 5.41) is 3.38. The Morgan fingerprint density at radius 1 is 1.50 bits per heavy atom. The molecule has 0 aliphatic heterocycles. The Balaban J connectivity index is 2.00. The van der Waals surface area contributed by atoms with E-state index in [0.717, 1.165) is 11.7 Å². The van der Waals surface area contributed by atoms with Gasteiger partial charge in [0, 0.05) is 12.2 Å². The molecule has 1 aromatic rings. The van der Waals surface area contributed by atoms with Gasteiger partial charge in [0.2, 0.25) is 0 Å². The van der Waals surface area contributed by atoms with E-state index in [2.05, 4.69) is 30.2 Å². The summed E-state index contributed by atoms with van der Waals surface area (Å²) in [7, 11) is 0. The standard InChI is InChI=1S/C10H14N2/c1-7-3-4-10(11-6-7)12-9-5-8(9)2/h3-4,6,8-9H,5H2,1-2H3,(H,11,12)/t8-,9-/m1/s1. The van der Waals surface area contributed by atoms with Crippen molar-refractivity contribution in [3.05, 3.63) is 23.9 Å². The maximum Gasteiger partial charge on any atom is 0.126 e. The molecule has 1 heterocycles. The van der Waals surface area contributed by atoms with E-state index in [0.29, 0.717) is 6.04 Å². The van der Waals surface area contributed by atoms with Gasteiger partial charge in [0.1, 0.15) is 5.82 Å². The fourth-order valence-corrected chi connectivity index (χ4v) is 1.27. The van der Waals surface area contributed by atoms with Gasteiger partial charge < -0.3 is 5.32 Å². The summed E-state index contributed by atoms with van der Waals surface area (Å²) in [6.45, 7) is 4.31. The lowest BCUT2D eigenvalue weighted by atomic mass is 10.3. The summed E-state index contributed by atoms with van der Waals surface area (Å²) >= 11 is 0. The minimum atomic E-state index is 0.667. The second kappa shape index (κ2) is 2.77. The summed E-state index contributed by atoms with van der Waals surface area (Å²) in [6, 6.07) is 4.79. The topological polar surface area (TPSA) is 24.9 Å². The monoisotopic (exact) mass is 162 g/mol. The molecule has 64 valence electrons. The largest absolute Gasteiger partial charge is 0.367 e. The van der Waals surface area contributed by atoms with E-state index in [1.807, 2.05) is 12.3 Å². The van der Waals surface area contributed by atoms with Crippen molar-refractivity contribution in [2.24, 2.45) is 5.92 Å². The molecule has 1 aliphatic carbocycles. The van der Waals surface area contributed by atoms with Crippen LogP contribution >= 0.6 is 0 Å². The van der Waals surface area contributed by atoms with Gasteiger partial charge in [-0.15, -0.1) is 0 Å². The number of rotatable bonds is 2. The van der Waals surface area contributed by atoms with Crippen LogP contribution < -0.4 is 5.32 Å². The van der Waals surface area contributed by atoms with Crippen LogP contribution in [0.25, 0.3) is 0 Å². The number of nitrogens with zero attached hydrogens (tertiary/aromatic N) is 1. The number of hydrogen-bond acceptors (Lipinski definition) is 2. The molecular weight excluding hydrogens is 148 g/mol. The van der Waals surface area contributed by atoms with Crippen LogP contribution in [0.15, 0.2) is 18.3 Å². The quantitative estimate of drug-likeness (QED) is 0.721. The molecule has 0 unspecified atom stereocenters. The second-order valence-corrected chi connectivity index (χ2v) is 3.68. The molecule has 1 saturated carbocycles. The van der Waals surface area contributed by atoms with E-state index in [4.69, 9.17) is 0 Å². The zero-order valence-electron chi connectivity index (χ0n) is 7.54. The minimum Gasteiger partial charge on any atom is -0.367 e. The van der Waals surface area contributed by atoms with Crippen LogP contribution in [0.1, 0.15) is 18.9 Å². The van der Waals surface area contributed by atoms with Gasteiger partial charge >= 0.3 is 0 Å². The Bertz CT molecular complexity index is 266. The molecule has 0 bridgehead atoms. The van der Waals surface area contributed by atoms with E-state index >= 15 is 0 Å². The van der Waals surface area contributed by atoms with E-state index in [9.17, 15) is 0 Å². The number of hydrogen-bond donors (Lipinski definition) is 1. The molecule has 1 aromatic heterocycles. The Hall–Kier alpha value is -1.05. The first-order valence-corrected chi connectivity index (χ1v) is 4.45. The van der Waals surface area contributed by atoms with Crippen molar-refractivity contribution in [2.75, 3.05) is 5.32 Å². The first-order chi connectivity index (χ1) is 5.75. The lowest BCUT2D eigenvalue weighted by Gasteiger charge is -2.02. The van der Waals surface area contributed by atoms with Gasteiger partial charge in [-0.1, -0.05) is 13.0 Å². The van der Waals surface area contributed by atoms with Gasteiger partial charge in [0.05, 0.1) is 0 Å². The molecule has 0 aromatic carbocycles. The molecule has 0 spiro atoms. The van der Waals surface area contributed by atoms with Gasteiger partial charge in [-0.25, -0.2) is 4.98 Å². The van der Waals surface area contributed by atoms with Crippen molar-refractivity contribution in [1.29, 1.82) is 0 Å². The van der Waals surface area contributed by atoms with Crippen molar-refractivity contribution in [1.82, 2.24) is 4.98 Å². The predicted octanol–water partition coefficient (Wildman–Crippen LogP) is 2.21. The number of nitrogens with one attached hydrogen (secondary N) is 1. The summed E-state index contributed by atoms with van der Waals surface area (Å²) in [6.07, 6.45) is 3.19. The molecule has 12 heavy (non-hydrogen) atoms. The maximum atomic E-state index is 4.28. The third kappa shape index (κ3) is 1.58. The molecule has 0 saturated heterocycles. The molecule has 1 aliphatic rings. The molecule has 2 heteroatoms. The van der Waals surface area contributed by atoms with Crippen molar-refractivity contribution in [2.45, 2.75) is 26.3 Å². The van der Waals surface area contributed by atoms with Crippen LogP contribution in [0, 0.1) is 12.8 Å². The number of anilines is 1. The van der Waals surface area contributed by atoms with Crippen molar-refractivity contribution < 1.29 is 0 Å². The van der Waals surface area contributed by atoms with Gasteiger partial charge in [-0.2, -0.15) is 0 Å². The molecule has 2 rings (SSSR count). The maximum absolute atomic E-state index is 4.28. The van der Waals surface area contributed by atoms with Gasteiger partial charge in [0.15, 0.2) is 0 Å². The highest BCUT2D eigenvalue weighted by atomic mass is 15.0. The zero-order valence-corrected chi connectivity index (χ0v) is 7.54. The highest BCUT2D eigenvalue weighted by Crippen LogP contribution is 2.31. The summed E-state index contributed by atoms with van der Waals surface area (Å²) < 4.78 is 0. The van der Waals surface area contributed by atoms with Gasteiger partial charge in [0.25, 0.3) is 0 Å². The third-order valence-electron chi connectivity index (χ3n) is 2.35. The third-order valence-corrected chi connectivity index (χ3v) is 2.35. The summed E-state index contributed by atoms with van der Waals surface area (Å²) in [4.78, 5) is 4.28. The van der Waals surface area contributed by atoms with Gasteiger partial charge in [-0.3, -0.25) is 0 Å². The Morgan fingerprint density at radius 2 is 2.25 bits per heavy atom. The molecular formula is C10H14N2. The first-order valence-electron chi connectivity index (χ1n) is 4.45. The van der Waals surface area contributed by atoms with Crippen LogP contribution in [0.3, 0.4) is 0 Å². The Morgan fingerprint density at radius 3 is 2.75 bits per heavy atom. The SMILES string of the molecule is Cc1ccc(N[C@@H]2C[C@H]2C)nc1. The predicted molar refractivity (Wildman–Crippen MR) is 50.2 cm³/mol. The number of aryl methyl sites for hydroxylation is 1. The highest BCUT2D eigenvalue weighted by Gasteiger charge is 2.32. The summed E-state index contributed by atoms with van der Waals surface area (Å²) in [5.74, 6) is 1.84. The summed E-state index contributed by atoms with van der Waals surface area (Å²) in [5.41, 5.74) is 1.21. The molecule has 1 N–H and O–H groups in total. The zero-order chi connectivity index (χ0) is 8.55. The van der Waals surface area contributed by atoms with Crippen LogP contribution in [-0.4, -0.2) is 11.0 Å². The smallest absolute Gasteiger partial charge is 0.126 e. The van der Waals surface area contributed by atoms with E-state index < -0.39 is 0 Å². The van der Waals surface area contributed by atoms with E-state index in [1.54, 1.807) is 0 Å². The number of aromatic nitrogens is 1. The fraction of sp³-hybridized carbons (Fsp3) is 0.500. The van der Waals surface area contributed by atoms with Crippen molar-refractivity contribution in [3.63, 3.8) is 0 Å². The lowest BCUT2D eigenvalue weighted by Crippen LogP contribution is -2.04. The molecule has 0 radical (unpaired) electrons. The number of pyridine rings is 1. The second-order valence-electron chi connectivity index (χ2n) is 3.68.